The largest absolute Gasteiger partial charge is 0.476 e. The SMILES string of the molecule is CC(C)(C)c1ccc2c(c1)N(S(C)(=O)=O)CC(C(=O)N1CCN(c3cccc(Cl)c3)CC1)O2. The Hall–Kier alpha value is -2.45. The number of amides is 1. The number of sulfonamides is 1. The van der Waals surface area contributed by atoms with Gasteiger partial charge in [-0.15, -0.1) is 0 Å². The predicted octanol–water partition coefficient (Wildman–Crippen LogP) is 3.51. The molecular formula is C24H30ClN3O4S. The van der Waals surface area contributed by atoms with Gasteiger partial charge in [0, 0.05) is 36.9 Å². The third-order valence-corrected chi connectivity index (χ3v) is 7.52. The molecule has 2 aliphatic heterocycles. The average molecular weight is 492 g/mol. The molecule has 0 aromatic heterocycles. The van der Waals surface area contributed by atoms with E-state index in [1.165, 1.54) is 4.31 Å². The number of halogens is 1. The molecule has 1 amide bonds. The minimum Gasteiger partial charge on any atom is -0.476 e. The maximum atomic E-state index is 13.3. The lowest BCUT2D eigenvalue weighted by Gasteiger charge is -2.40. The van der Waals surface area contributed by atoms with E-state index >= 15 is 0 Å². The second kappa shape index (κ2) is 8.72. The summed E-state index contributed by atoms with van der Waals surface area (Å²) in [5.41, 5.74) is 2.36. The molecule has 178 valence electrons. The van der Waals surface area contributed by atoms with Gasteiger partial charge in [-0.3, -0.25) is 9.10 Å². The van der Waals surface area contributed by atoms with Crippen LogP contribution in [0.4, 0.5) is 11.4 Å². The van der Waals surface area contributed by atoms with Crippen molar-refractivity contribution in [1.82, 2.24) is 4.90 Å². The van der Waals surface area contributed by atoms with Gasteiger partial charge in [0.2, 0.25) is 10.0 Å². The van der Waals surface area contributed by atoms with Crippen molar-refractivity contribution in [2.45, 2.75) is 32.3 Å². The second-order valence-electron chi connectivity index (χ2n) is 9.63. The van der Waals surface area contributed by atoms with Crippen molar-refractivity contribution in [3.05, 3.63) is 53.1 Å². The fraction of sp³-hybridized carbons (Fsp3) is 0.458. The predicted molar refractivity (Wildman–Crippen MR) is 132 cm³/mol. The van der Waals surface area contributed by atoms with Gasteiger partial charge in [0.15, 0.2) is 6.10 Å². The first kappa shape index (κ1) is 23.7. The number of anilines is 2. The lowest BCUT2D eigenvalue weighted by Crippen LogP contribution is -2.56. The topological polar surface area (TPSA) is 70.2 Å². The third-order valence-electron chi connectivity index (χ3n) is 6.13. The van der Waals surface area contributed by atoms with Gasteiger partial charge in [0.05, 0.1) is 18.5 Å². The van der Waals surface area contributed by atoms with Gasteiger partial charge in [0.25, 0.3) is 5.91 Å². The lowest BCUT2D eigenvalue weighted by molar-refractivity contribution is -0.138. The monoisotopic (exact) mass is 491 g/mol. The van der Waals surface area contributed by atoms with Gasteiger partial charge < -0.3 is 14.5 Å². The van der Waals surface area contributed by atoms with E-state index in [-0.39, 0.29) is 17.9 Å². The number of hydrogen-bond donors (Lipinski definition) is 0. The van der Waals surface area contributed by atoms with E-state index in [0.717, 1.165) is 17.5 Å². The van der Waals surface area contributed by atoms with Crippen LogP contribution in [0.5, 0.6) is 5.75 Å². The smallest absolute Gasteiger partial charge is 0.265 e. The zero-order valence-corrected chi connectivity index (χ0v) is 21.0. The molecule has 7 nitrogen and oxygen atoms in total. The number of benzene rings is 2. The minimum atomic E-state index is -3.59. The summed E-state index contributed by atoms with van der Waals surface area (Å²) in [6, 6.07) is 13.2. The fourth-order valence-electron chi connectivity index (χ4n) is 4.22. The van der Waals surface area contributed by atoms with Gasteiger partial charge in [-0.2, -0.15) is 0 Å². The molecule has 2 aliphatic rings. The van der Waals surface area contributed by atoms with E-state index < -0.39 is 16.1 Å². The van der Waals surface area contributed by atoms with Crippen molar-refractivity contribution in [1.29, 1.82) is 0 Å². The van der Waals surface area contributed by atoms with Gasteiger partial charge in [-0.1, -0.05) is 44.5 Å². The summed E-state index contributed by atoms with van der Waals surface area (Å²) in [6.07, 6.45) is 0.280. The standard InChI is InChI=1S/C24H30ClN3O4S/c1-24(2,3)17-8-9-21-20(14-17)28(33(4,30)31)16-22(32-21)23(29)27-12-10-26(11-13-27)19-7-5-6-18(25)15-19/h5-9,14-15,22H,10-13,16H2,1-4H3. The molecule has 9 heteroatoms. The van der Waals surface area contributed by atoms with E-state index in [1.807, 2.05) is 36.4 Å². The molecule has 0 saturated carbocycles. The van der Waals surface area contributed by atoms with E-state index in [1.54, 1.807) is 11.0 Å². The summed E-state index contributed by atoms with van der Waals surface area (Å²) < 4.78 is 32.6. The number of piperazine rings is 1. The summed E-state index contributed by atoms with van der Waals surface area (Å²) in [5.74, 6) is 0.218. The Kier molecular flexibility index (Phi) is 6.26. The summed E-state index contributed by atoms with van der Waals surface area (Å²) in [6.45, 7) is 8.56. The molecule has 1 fully saturated rings. The maximum absolute atomic E-state index is 13.3. The molecule has 0 N–H and O–H groups in total. The molecule has 2 aromatic rings. The van der Waals surface area contributed by atoms with Crippen LogP contribution in [-0.2, 0) is 20.2 Å². The van der Waals surface area contributed by atoms with Crippen LogP contribution >= 0.6 is 11.6 Å². The second-order valence-corrected chi connectivity index (χ2v) is 12.0. The van der Waals surface area contributed by atoms with E-state index in [4.69, 9.17) is 16.3 Å². The quantitative estimate of drug-likeness (QED) is 0.657. The van der Waals surface area contributed by atoms with Crippen LogP contribution in [0.25, 0.3) is 0 Å². The fourth-order valence-corrected chi connectivity index (χ4v) is 5.31. The van der Waals surface area contributed by atoms with Crippen LogP contribution in [0.2, 0.25) is 5.02 Å². The van der Waals surface area contributed by atoms with E-state index in [2.05, 4.69) is 25.7 Å². The highest BCUT2D eigenvalue weighted by Crippen LogP contribution is 2.39. The number of carbonyl (C=O) groups excluding carboxylic acids is 1. The van der Waals surface area contributed by atoms with Crippen molar-refractivity contribution in [3.63, 3.8) is 0 Å². The Labute approximate surface area is 200 Å². The molecule has 2 aromatic carbocycles. The Morgan fingerprint density at radius 3 is 2.36 bits per heavy atom. The van der Waals surface area contributed by atoms with Crippen LogP contribution in [0.1, 0.15) is 26.3 Å². The molecule has 2 heterocycles. The van der Waals surface area contributed by atoms with Crippen LogP contribution < -0.4 is 13.9 Å². The molecule has 1 unspecified atom stereocenters. The maximum Gasteiger partial charge on any atom is 0.265 e. The van der Waals surface area contributed by atoms with E-state index in [0.29, 0.717) is 42.6 Å². The Balaban J connectivity index is 1.51. The third kappa shape index (κ3) is 5.06. The zero-order valence-electron chi connectivity index (χ0n) is 19.4. The van der Waals surface area contributed by atoms with Crippen LogP contribution in [0, 0.1) is 0 Å². The highest BCUT2D eigenvalue weighted by atomic mass is 35.5. The Morgan fingerprint density at radius 1 is 1.06 bits per heavy atom. The number of nitrogens with zero attached hydrogens (tertiary/aromatic N) is 3. The molecule has 4 rings (SSSR count). The van der Waals surface area contributed by atoms with Crippen molar-refractivity contribution < 1.29 is 17.9 Å². The molecular weight excluding hydrogens is 462 g/mol. The summed E-state index contributed by atoms with van der Waals surface area (Å²) in [5, 5.41) is 0.677. The number of ether oxygens (including phenoxy) is 1. The van der Waals surface area contributed by atoms with Gasteiger partial charge in [-0.25, -0.2) is 8.42 Å². The molecule has 33 heavy (non-hydrogen) atoms. The van der Waals surface area contributed by atoms with Gasteiger partial charge in [0.1, 0.15) is 5.75 Å². The normalized spacial score (nSPS) is 19.2. The summed E-state index contributed by atoms with van der Waals surface area (Å²) in [7, 11) is -3.59. The first-order valence-electron chi connectivity index (χ1n) is 11.0. The van der Waals surface area contributed by atoms with Crippen molar-refractivity contribution in [2.75, 3.05) is 48.2 Å². The molecule has 0 aliphatic carbocycles. The van der Waals surface area contributed by atoms with Crippen LogP contribution in [-0.4, -0.2) is 64.3 Å². The van der Waals surface area contributed by atoms with Crippen LogP contribution in [0.3, 0.4) is 0 Å². The number of fused-ring (bicyclic) bond motifs is 1. The minimum absolute atomic E-state index is 0.0350. The zero-order chi connectivity index (χ0) is 24.0. The number of hydrogen-bond acceptors (Lipinski definition) is 5. The van der Waals surface area contributed by atoms with Crippen molar-refractivity contribution in [3.8, 4) is 5.75 Å². The Bertz CT molecular complexity index is 1150. The van der Waals surface area contributed by atoms with Crippen molar-refractivity contribution in [2.24, 2.45) is 0 Å². The molecule has 1 atom stereocenters. The number of rotatable bonds is 3. The molecule has 1 saturated heterocycles. The first-order valence-corrected chi connectivity index (χ1v) is 13.2. The summed E-state index contributed by atoms with van der Waals surface area (Å²) >= 11 is 6.11. The molecule has 0 bridgehead atoms. The number of carbonyl (C=O) groups is 1. The van der Waals surface area contributed by atoms with Crippen molar-refractivity contribution >= 4 is 38.9 Å². The molecule has 0 radical (unpaired) electrons. The highest BCUT2D eigenvalue weighted by molar-refractivity contribution is 7.92. The van der Waals surface area contributed by atoms with E-state index in [9.17, 15) is 13.2 Å². The first-order chi connectivity index (χ1) is 15.4. The Morgan fingerprint density at radius 2 is 1.76 bits per heavy atom. The molecule has 0 spiro atoms. The average Bonchev–Trinajstić information content (AvgIpc) is 2.76. The lowest BCUT2D eigenvalue weighted by atomic mass is 9.86. The van der Waals surface area contributed by atoms with Gasteiger partial charge >= 0.3 is 0 Å². The van der Waals surface area contributed by atoms with Crippen LogP contribution in [0.15, 0.2) is 42.5 Å². The van der Waals surface area contributed by atoms with Gasteiger partial charge in [-0.05, 0) is 41.3 Å². The highest BCUT2D eigenvalue weighted by Gasteiger charge is 2.38. The summed E-state index contributed by atoms with van der Waals surface area (Å²) in [4.78, 5) is 17.2.